The van der Waals surface area contributed by atoms with Gasteiger partial charge in [0, 0.05) is 29.4 Å². The number of aromatic nitrogens is 4. The molecular formula is C23H18F2N6OS. The number of aryl methyl sites for hydroxylation is 2. The lowest BCUT2D eigenvalue weighted by Crippen LogP contribution is -2.23. The van der Waals surface area contributed by atoms with Crippen LogP contribution in [0.1, 0.15) is 38.0 Å². The second kappa shape index (κ2) is 8.88. The summed E-state index contributed by atoms with van der Waals surface area (Å²) in [5.74, 6) is -1.50. The standard InChI is InChI=1S/C23H18F2N6OS/c1-12-21(14(3)31(30-12)17-7-19(25)20(8-26)27-10-17)15-4-5-16(18(24)6-15)9-28-23(32)22-13(2)29-11-33-22/h4-7,10-11H,9H2,1-3H3,(H,28,32). The fourth-order valence-electron chi connectivity index (χ4n) is 3.56. The number of carbonyl (C=O) groups is 1. The number of pyridine rings is 1. The molecule has 0 spiro atoms. The summed E-state index contributed by atoms with van der Waals surface area (Å²) in [7, 11) is 0. The number of halogens is 2. The Bertz CT molecular complexity index is 1420. The maximum absolute atomic E-state index is 14.9. The summed E-state index contributed by atoms with van der Waals surface area (Å²) in [6, 6.07) is 7.62. The molecule has 3 aromatic heterocycles. The van der Waals surface area contributed by atoms with E-state index in [4.69, 9.17) is 5.26 Å². The largest absolute Gasteiger partial charge is 0.347 e. The van der Waals surface area contributed by atoms with Gasteiger partial charge in [-0.1, -0.05) is 12.1 Å². The van der Waals surface area contributed by atoms with Crippen LogP contribution >= 0.6 is 11.3 Å². The predicted octanol–water partition coefficient (Wildman–Crippen LogP) is 4.40. The molecule has 0 aliphatic carbocycles. The minimum absolute atomic E-state index is 0.0374. The first-order valence-electron chi connectivity index (χ1n) is 9.89. The molecule has 1 aromatic carbocycles. The van der Waals surface area contributed by atoms with Crippen LogP contribution in [0.4, 0.5) is 8.78 Å². The molecule has 4 aromatic rings. The zero-order valence-corrected chi connectivity index (χ0v) is 18.8. The number of carbonyl (C=O) groups excluding carboxylic acids is 1. The van der Waals surface area contributed by atoms with Gasteiger partial charge in [-0.15, -0.1) is 11.3 Å². The number of nitrogens with zero attached hydrogens (tertiary/aromatic N) is 5. The number of nitrogens with one attached hydrogen (secondary N) is 1. The Morgan fingerprint density at radius 3 is 2.58 bits per heavy atom. The van der Waals surface area contributed by atoms with Gasteiger partial charge in [-0.2, -0.15) is 10.4 Å². The number of thiazole rings is 1. The van der Waals surface area contributed by atoms with Crippen LogP contribution in [0, 0.1) is 43.7 Å². The summed E-state index contributed by atoms with van der Waals surface area (Å²) < 4.78 is 30.4. The number of hydrogen-bond acceptors (Lipinski definition) is 6. The topological polar surface area (TPSA) is 96.5 Å². The van der Waals surface area contributed by atoms with E-state index in [9.17, 15) is 13.6 Å². The molecule has 1 N–H and O–H groups in total. The van der Waals surface area contributed by atoms with E-state index in [1.165, 1.54) is 34.3 Å². The maximum atomic E-state index is 14.9. The molecule has 0 unspecified atom stereocenters. The Labute approximate surface area is 192 Å². The second-order valence-corrected chi connectivity index (χ2v) is 8.20. The molecule has 0 atom stereocenters. The van der Waals surface area contributed by atoms with E-state index in [0.717, 1.165) is 0 Å². The molecule has 4 rings (SSSR count). The third-order valence-electron chi connectivity index (χ3n) is 5.20. The average molecular weight is 465 g/mol. The summed E-state index contributed by atoms with van der Waals surface area (Å²) in [5, 5.41) is 16.0. The van der Waals surface area contributed by atoms with Crippen molar-refractivity contribution in [3.63, 3.8) is 0 Å². The van der Waals surface area contributed by atoms with E-state index in [0.29, 0.717) is 44.3 Å². The SMILES string of the molecule is Cc1ncsc1C(=O)NCc1ccc(-c2c(C)nn(-c3cnc(C#N)c(F)c3)c2C)cc1F. The van der Waals surface area contributed by atoms with Gasteiger partial charge in [-0.05, 0) is 32.4 Å². The molecule has 0 radical (unpaired) electrons. The Balaban J connectivity index is 1.59. The van der Waals surface area contributed by atoms with Gasteiger partial charge in [0.05, 0.1) is 28.8 Å². The highest BCUT2D eigenvalue weighted by Crippen LogP contribution is 2.30. The Hall–Kier alpha value is -3.97. The van der Waals surface area contributed by atoms with Gasteiger partial charge >= 0.3 is 0 Å². The highest BCUT2D eigenvalue weighted by molar-refractivity contribution is 7.11. The summed E-state index contributed by atoms with van der Waals surface area (Å²) >= 11 is 1.23. The van der Waals surface area contributed by atoms with Crippen molar-refractivity contribution >= 4 is 17.2 Å². The lowest BCUT2D eigenvalue weighted by molar-refractivity contribution is 0.0954. The van der Waals surface area contributed by atoms with Crippen LogP contribution in [-0.2, 0) is 6.54 Å². The summed E-state index contributed by atoms with van der Waals surface area (Å²) in [5.41, 5.74) is 5.22. The lowest BCUT2D eigenvalue weighted by atomic mass is 10.0. The van der Waals surface area contributed by atoms with Crippen molar-refractivity contribution < 1.29 is 13.6 Å². The van der Waals surface area contributed by atoms with E-state index in [-0.39, 0.29) is 18.1 Å². The average Bonchev–Trinajstić information content (AvgIpc) is 3.35. The molecule has 0 aliphatic rings. The molecule has 0 saturated carbocycles. The molecule has 33 heavy (non-hydrogen) atoms. The molecule has 0 fully saturated rings. The molecule has 1 amide bonds. The zero-order valence-electron chi connectivity index (χ0n) is 18.0. The van der Waals surface area contributed by atoms with E-state index >= 15 is 0 Å². The quantitative estimate of drug-likeness (QED) is 0.472. The third kappa shape index (κ3) is 4.23. The summed E-state index contributed by atoms with van der Waals surface area (Å²) in [6.45, 7) is 5.34. The molecule has 10 heteroatoms. The van der Waals surface area contributed by atoms with Crippen molar-refractivity contribution in [2.45, 2.75) is 27.3 Å². The van der Waals surface area contributed by atoms with Crippen LogP contribution in [0.2, 0.25) is 0 Å². The fourth-order valence-corrected chi connectivity index (χ4v) is 4.28. The predicted molar refractivity (Wildman–Crippen MR) is 119 cm³/mol. The van der Waals surface area contributed by atoms with E-state index in [1.54, 1.807) is 44.5 Å². The number of benzene rings is 1. The molecule has 0 bridgehead atoms. The van der Waals surface area contributed by atoms with Gasteiger partial charge in [-0.3, -0.25) is 4.79 Å². The van der Waals surface area contributed by atoms with E-state index in [1.807, 2.05) is 0 Å². The lowest BCUT2D eigenvalue weighted by Gasteiger charge is -2.09. The Morgan fingerprint density at radius 2 is 1.94 bits per heavy atom. The maximum Gasteiger partial charge on any atom is 0.263 e. The van der Waals surface area contributed by atoms with Crippen molar-refractivity contribution in [1.82, 2.24) is 25.1 Å². The monoisotopic (exact) mass is 464 g/mol. The fraction of sp³-hybridized carbons (Fsp3) is 0.174. The Morgan fingerprint density at radius 1 is 1.15 bits per heavy atom. The van der Waals surface area contributed by atoms with Gasteiger partial charge in [0.2, 0.25) is 0 Å². The van der Waals surface area contributed by atoms with Crippen LogP contribution in [0.3, 0.4) is 0 Å². The highest BCUT2D eigenvalue weighted by Gasteiger charge is 2.18. The summed E-state index contributed by atoms with van der Waals surface area (Å²) in [4.78, 5) is 20.6. The molecule has 166 valence electrons. The van der Waals surface area contributed by atoms with Gasteiger partial charge in [0.1, 0.15) is 16.8 Å². The van der Waals surface area contributed by atoms with Crippen molar-refractivity contribution in [2.75, 3.05) is 0 Å². The van der Waals surface area contributed by atoms with Crippen LogP contribution < -0.4 is 5.32 Å². The number of rotatable bonds is 5. The van der Waals surface area contributed by atoms with Crippen molar-refractivity contribution in [1.29, 1.82) is 5.26 Å². The first kappa shape index (κ1) is 22.2. The molecular weight excluding hydrogens is 446 g/mol. The molecule has 0 aliphatic heterocycles. The van der Waals surface area contributed by atoms with Crippen molar-refractivity contribution in [3.05, 3.63) is 80.8 Å². The molecule has 7 nitrogen and oxygen atoms in total. The van der Waals surface area contributed by atoms with Crippen molar-refractivity contribution in [3.8, 4) is 22.9 Å². The van der Waals surface area contributed by atoms with Crippen LogP contribution in [0.15, 0.2) is 36.0 Å². The van der Waals surface area contributed by atoms with Gasteiger partial charge in [-0.25, -0.2) is 23.4 Å². The van der Waals surface area contributed by atoms with Gasteiger partial charge in [0.15, 0.2) is 11.5 Å². The number of amides is 1. The molecule has 0 saturated heterocycles. The number of nitriles is 1. The van der Waals surface area contributed by atoms with E-state index < -0.39 is 11.6 Å². The van der Waals surface area contributed by atoms with Crippen LogP contribution in [0.5, 0.6) is 0 Å². The van der Waals surface area contributed by atoms with Crippen LogP contribution in [0.25, 0.3) is 16.8 Å². The zero-order chi connectivity index (χ0) is 23.7. The minimum atomic E-state index is -0.741. The van der Waals surface area contributed by atoms with Crippen LogP contribution in [-0.4, -0.2) is 25.7 Å². The summed E-state index contributed by atoms with van der Waals surface area (Å²) in [6.07, 6.45) is 1.36. The number of hydrogen-bond donors (Lipinski definition) is 1. The second-order valence-electron chi connectivity index (χ2n) is 7.35. The Kier molecular flexibility index (Phi) is 5.98. The first-order valence-corrected chi connectivity index (χ1v) is 10.8. The smallest absolute Gasteiger partial charge is 0.263 e. The van der Waals surface area contributed by atoms with Gasteiger partial charge in [0.25, 0.3) is 5.91 Å². The normalized spacial score (nSPS) is 10.8. The molecule has 3 heterocycles. The first-order chi connectivity index (χ1) is 15.8. The van der Waals surface area contributed by atoms with Crippen molar-refractivity contribution in [2.24, 2.45) is 0 Å². The van der Waals surface area contributed by atoms with Gasteiger partial charge < -0.3 is 5.32 Å². The highest BCUT2D eigenvalue weighted by atomic mass is 32.1. The minimum Gasteiger partial charge on any atom is -0.347 e. The van der Waals surface area contributed by atoms with E-state index in [2.05, 4.69) is 20.4 Å². The third-order valence-corrected chi connectivity index (χ3v) is 6.13.